The zero-order chi connectivity index (χ0) is 25.6. The van der Waals surface area contributed by atoms with Crippen molar-refractivity contribution in [1.29, 1.82) is 0 Å². The topological polar surface area (TPSA) is 100 Å². The van der Waals surface area contributed by atoms with Gasteiger partial charge < -0.3 is 19.9 Å². The molecule has 1 aliphatic rings. The van der Waals surface area contributed by atoms with Gasteiger partial charge in [-0.25, -0.2) is 9.97 Å². The Morgan fingerprint density at radius 3 is 2.67 bits per heavy atom. The van der Waals surface area contributed by atoms with E-state index in [2.05, 4.69) is 15.3 Å². The Bertz CT molecular complexity index is 1480. The maximum Gasteiger partial charge on any atom is 0.416 e. The molecule has 0 aliphatic carbocycles. The molecule has 1 amide bonds. The van der Waals surface area contributed by atoms with E-state index in [1.165, 1.54) is 6.07 Å². The highest BCUT2D eigenvalue weighted by Crippen LogP contribution is 2.35. The molecule has 8 nitrogen and oxygen atoms in total. The lowest BCUT2D eigenvalue weighted by Crippen LogP contribution is -2.29. The molecule has 0 radical (unpaired) electrons. The molecule has 1 fully saturated rings. The van der Waals surface area contributed by atoms with Crippen LogP contribution >= 0.6 is 11.3 Å². The Labute approximate surface area is 207 Å². The second-order valence-corrected chi connectivity index (χ2v) is 9.76. The number of fused-ring (bicyclic) bond motifs is 2. The molecule has 1 saturated heterocycles. The number of β-amino-alcohol motifs (C(OH)–C–C–N with tert-alkyl or cyclic N) is 1. The maximum absolute atomic E-state index is 13.0. The fourth-order valence-electron chi connectivity index (χ4n) is 4.23. The number of nitrogens with zero attached hydrogens (tertiary/aromatic N) is 4. The van der Waals surface area contributed by atoms with Gasteiger partial charge in [0.1, 0.15) is 0 Å². The molecule has 3 heterocycles. The summed E-state index contributed by atoms with van der Waals surface area (Å²) in [5.41, 5.74) is 1.45. The van der Waals surface area contributed by atoms with Crippen LogP contribution in [0.15, 0.2) is 36.4 Å². The second kappa shape index (κ2) is 9.17. The molecule has 36 heavy (non-hydrogen) atoms. The molecule has 188 valence electrons. The Morgan fingerprint density at radius 2 is 1.94 bits per heavy atom. The van der Waals surface area contributed by atoms with E-state index in [0.29, 0.717) is 51.9 Å². The SMILES string of the molecule is Cn1c(Nc2nc3ccc(C(F)(F)F)cc3s2)nc2cc(C(=O)CCC(=O)N3CC[C@@H](O)C3)ccc21. The monoisotopic (exact) mass is 517 g/mol. The first-order valence-electron chi connectivity index (χ1n) is 11.3. The first kappa shape index (κ1) is 24.2. The first-order valence-corrected chi connectivity index (χ1v) is 12.1. The number of aromatic nitrogens is 3. The standard InChI is InChI=1S/C24H22F3N5O3S/c1-31-18-5-2-13(19(34)6-7-21(35)32-9-8-15(33)12-32)10-17(18)28-22(31)30-23-29-16-4-3-14(24(25,26)27)11-20(16)36-23/h2-5,10-11,15,33H,6-9,12H2,1H3,(H,28,29,30)/t15-/m1/s1. The van der Waals surface area contributed by atoms with E-state index in [0.717, 1.165) is 29.0 Å². The van der Waals surface area contributed by atoms with Gasteiger partial charge in [-0.3, -0.25) is 9.59 Å². The van der Waals surface area contributed by atoms with Gasteiger partial charge in [0.05, 0.1) is 32.9 Å². The largest absolute Gasteiger partial charge is 0.416 e. The molecule has 2 aromatic heterocycles. The van der Waals surface area contributed by atoms with Crippen LogP contribution in [-0.2, 0) is 18.0 Å². The highest BCUT2D eigenvalue weighted by atomic mass is 32.1. The summed E-state index contributed by atoms with van der Waals surface area (Å²) >= 11 is 1.09. The summed E-state index contributed by atoms with van der Waals surface area (Å²) in [6.07, 6.45) is -4.24. The summed E-state index contributed by atoms with van der Waals surface area (Å²) in [5.74, 6) is 0.0905. The van der Waals surface area contributed by atoms with Crippen LogP contribution in [0.25, 0.3) is 21.3 Å². The van der Waals surface area contributed by atoms with Crippen molar-refractivity contribution >= 4 is 55.4 Å². The van der Waals surface area contributed by atoms with Crippen molar-refractivity contribution < 1.29 is 27.9 Å². The first-order chi connectivity index (χ1) is 17.1. The number of benzene rings is 2. The number of thiazole rings is 1. The number of hydrogen-bond donors (Lipinski definition) is 2. The van der Waals surface area contributed by atoms with Crippen LogP contribution in [-0.4, -0.2) is 55.4 Å². The fraction of sp³-hybridized carbons (Fsp3) is 0.333. The highest BCUT2D eigenvalue weighted by Gasteiger charge is 2.31. The number of amides is 1. The molecule has 1 atom stereocenters. The van der Waals surface area contributed by atoms with Gasteiger partial charge in [0.15, 0.2) is 10.9 Å². The van der Waals surface area contributed by atoms with E-state index in [9.17, 15) is 27.9 Å². The summed E-state index contributed by atoms with van der Waals surface area (Å²) in [7, 11) is 1.78. The third-order valence-corrected chi connectivity index (χ3v) is 7.15. The van der Waals surface area contributed by atoms with Crippen molar-refractivity contribution in [1.82, 2.24) is 19.4 Å². The number of likely N-dealkylation sites (tertiary alicyclic amines) is 1. The van der Waals surface area contributed by atoms with Gasteiger partial charge >= 0.3 is 6.18 Å². The summed E-state index contributed by atoms with van der Waals surface area (Å²) in [6.45, 7) is 0.808. The number of Topliss-reactive ketones (excluding diaryl/α,β-unsaturated/α-hetero) is 1. The van der Waals surface area contributed by atoms with Crippen LogP contribution in [0.5, 0.6) is 0 Å². The molecule has 0 saturated carbocycles. The average Bonchev–Trinajstić information content (AvgIpc) is 3.53. The van der Waals surface area contributed by atoms with Crippen LogP contribution in [0.2, 0.25) is 0 Å². The Hall–Kier alpha value is -3.51. The summed E-state index contributed by atoms with van der Waals surface area (Å²) in [6, 6.07) is 8.50. The van der Waals surface area contributed by atoms with Gasteiger partial charge in [-0.15, -0.1) is 0 Å². The molecule has 0 spiro atoms. The number of carbonyl (C=O) groups is 2. The van der Waals surface area contributed by atoms with Crippen LogP contribution in [0.4, 0.5) is 24.3 Å². The minimum Gasteiger partial charge on any atom is -0.391 e. The van der Waals surface area contributed by atoms with Crippen molar-refractivity contribution in [3.63, 3.8) is 0 Å². The van der Waals surface area contributed by atoms with Gasteiger partial charge in [0.2, 0.25) is 11.9 Å². The number of anilines is 2. The fourth-order valence-corrected chi connectivity index (χ4v) is 5.13. The van der Waals surface area contributed by atoms with Crippen LogP contribution < -0.4 is 5.32 Å². The van der Waals surface area contributed by atoms with Gasteiger partial charge in [0, 0.05) is 38.5 Å². The third-order valence-electron chi connectivity index (χ3n) is 6.22. The number of ketones is 1. The van der Waals surface area contributed by atoms with Gasteiger partial charge in [-0.1, -0.05) is 11.3 Å². The van der Waals surface area contributed by atoms with E-state index in [1.807, 2.05) is 0 Å². The Morgan fingerprint density at radius 1 is 1.14 bits per heavy atom. The summed E-state index contributed by atoms with van der Waals surface area (Å²) in [4.78, 5) is 35.4. The number of aryl methyl sites for hydroxylation is 1. The van der Waals surface area contributed by atoms with Crippen molar-refractivity contribution in [3.05, 3.63) is 47.5 Å². The second-order valence-electron chi connectivity index (χ2n) is 8.73. The summed E-state index contributed by atoms with van der Waals surface area (Å²) < 4.78 is 41.2. The Balaban J connectivity index is 1.31. The number of hydrogen-bond acceptors (Lipinski definition) is 7. The highest BCUT2D eigenvalue weighted by molar-refractivity contribution is 7.22. The van der Waals surface area contributed by atoms with E-state index >= 15 is 0 Å². The van der Waals surface area contributed by atoms with Crippen molar-refractivity contribution in [3.8, 4) is 0 Å². The molecule has 1 aliphatic heterocycles. The quantitative estimate of drug-likeness (QED) is 0.366. The van der Waals surface area contributed by atoms with Crippen molar-refractivity contribution in [2.24, 2.45) is 7.05 Å². The molecule has 5 rings (SSSR count). The zero-order valence-corrected chi connectivity index (χ0v) is 20.0. The molecular weight excluding hydrogens is 495 g/mol. The lowest BCUT2D eigenvalue weighted by Gasteiger charge is -2.14. The molecule has 0 unspecified atom stereocenters. The van der Waals surface area contributed by atoms with Crippen LogP contribution in [0, 0.1) is 0 Å². The number of nitrogens with one attached hydrogen (secondary N) is 1. The Kier molecular flexibility index (Phi) is 6.17. The normalized spacial score (nSPS) is 16.2. The molecule has 12 heteroatoms. The van der Waals surface area contributed by atoms with E-state index in [4.69, 9.17) is 0 Å². The molecule has 2 N–H and O–H groups in total. The number of halogens is 3. The minimum absolute atomic E-state index is 0.0560. The van der Waals surface area contributed by atoms with Crippen molar-refractivity contribution in [2.45, 2.75) is 31.5 Å². The van der Waals surface area contributed by atoms with Gasteiger partial charge in [-0.2, -0.15) is 13.2 Å². The van der Waals surface area contributed by atoms with Crippen molar-refractivity contribution in [2.75, 3.05) is 18.4 Å². The van der Waals surface area contributed by atoms with Crippen LogP contribution in [0.3, 0.4) is 0 Å². The lowest BCUT2D eigenvalue weighted by atomic mass is 10.1. The van der Waals surface area contributed by atoms with Crippen LogP contribution in [0.1, 0.15) is 35.2 Å². The van der Waals surface area contributed by atoms with Gasteiger partial charge in [0.25, 0.3) is 0 Å². The van der Waals surface area contributed by atoms with E-state index in [-0.39, 0.29) is 24.5 Å². The number of aliphatic hydroxyl groups excluding tert-OH is 1. The predicted molar refractivity (Wildman–Crippen MR) is 129 cm³/mol. The minimum atomic E-state index is -4.43. The number of aliphatic hydroxyl groups is 1. The smallest absolute Gasteiger partial charge is 0.391 e. The van der Waals surface area contributed by atoms with E-state index < -0.39 is 17.8 Å². The number of alkyl halides is 3. The molecule has 2 aromatic carbocycles. The predicted octanol–water partition coefficient (Wildman–Crippen LogP) is 4.50. The maximum atomic E-state index is 13.0. The number of carbonyl (C=O) groups excluding carboxylic acids is 2. The zero-order valence-electron chi connectivity index (χ0n) is 19.2. The van der Waals surface area contributed by atoms with Gasteiger partial charge in [-0.05, 0) is 42.8 Å². The molecule has 4 aromatic rings. The molecule has 0 bridgehead atoms. The molecular formula is C24H22F3N5O3S. The third kappa shape index (κ3) is 4.78. The number of imidazole rings is 1. The van der Waals surface area contributed by atoms with E-state index in [1.54, 1.807) is 34.7 Å². The summed E-state index contributed by atoms with van der Waals surface area (Å²) in [5, 5.41) is 13.0. The number of rotatable bonds is 6. The average molecular weight is 518 g/mol. The lowest BCUT2D eigenvalue weighted by molar-refractivity contribution is -0.137.